The van der Waals surface area contributed by atoms with E-state index in [1.165, 1.54) is 9.13 Å². The molecule has 0 spiro atoms. The van der Waals surface area contributed by atoms with Crippen LogP contribution in [-0.2, 0) is 13.6 Å². The first-order valence-corrected chi connectivity index (χ1v) is 9.34. The fourth-order valence-electron chi connectivity index (χ4n) is 3.74. The molecule has 28 heavy (non-hydrogen) atoms. The number of para-hydroxylation sites is 2. The van der Waals surface area contributed by atoms with Crippen molar-refractivity contribution in [1.82, 2.24) is 23.1 Å². The molecule has 0 amide bonds. The Morgan fingerprint density at radius 3 is 2.46 bits per heavy atom. The highest BCUT2D eigenvalue weighted by Crippen LogP contribution is 2.29. The first-order chi connectivity index (χ1) is 13.4. The molecule has 0 bridgehead atoms. The van der Waals surface area contributed by atoms with Crippen molar-refractivity contribution in [3.8, 4) is 11.4 Å². The van der Waals surface area contributed by atoms with Crippen molar-refractivity contribution in [3.05, 3.63) is 56.5 Å². The van der Waals surface area contributed by atoms with Gasteiger partial charge in [-0.3, -0.25) is 22.9 Å². The molecule has 0 unspecified atom stereocenters. The molecule has 4 aromatic rings. The Morgan fingerprint density at radius 2 is 1.79 bits per heavy atom. The summed E-state index contributed by atoms with van der Waals surface area (Å²) in [5.41, 5.74) is 2.78. The third-order valence-electron chi connectivity index (χ3n) is 5.24. The van der Waals surface area contributed by atoms with Crippen LogP contribution in [0, 0.1) is 13.8 Å². The van der Waals surface area contributed by atoms with E-state index in [0.29, 0.717) is 30.1 Å². The Morgan fingerprint density at radius 1 is 1.07 bits per heavy atom. The summed E-state index contributed by atoms with van der Waals surface area (Å²) >= 11 is 0. The zero-order valence-electron chi connectivity index (χ0n) is 16.7. The summed E-state index contributed by atoms with van der Waals surface area (Å²) in [5.74, 6) is 1.32. The number of hydrogen-bond donors (Lipinski definition) is 0. The smallest absolute Gasteiger partial charge is 0.332 e. The van der Waals surface area contributed by atoms with Gasteiger partial charge < -0.3 is 4.74 Å². The highest BCUT2D eigenvalue weighted by Gasteiger charge is 2.23. The molecule has 3 aromatic heterocycles. The molecule has 3 heterocycles. The summed E-state index contributed by atoms with van der Waals surface area (Å²) in [7, 11) is 1.64. The van der Waals surface area contributed by atoms with Crippen LogP contribution in [0.5, 0.6) is 5.75 Å². The first kappa shape index (κ1) is 18.1. The lowest BCUT2D eigenvalue weighted by Gasteiger charge is -2.12. The topological polar surface area (TPSA) is 75.5 Å². The normalized spacial score (nSPS) is 11.6. The molecule has 0 saturated heterocycles. The predicted molar refractivity (Wildman–Crippen MR) is 108 cm³/mol. The quantitative estimate of drug-likeness (QED) is 0.543. The Hall–Kier alpha value is -3.29. The summed E-state index contributed by atoms with van der Waals surface area (Å²) in [6.07, 6.45) is 0. The summed E-state index contributed by atoms with van der Waals surface area (Å²) in [4.78, 5) is 30.3. The zero-order valence-corrected chi connectivity index (χ0v) is 16.7. The molecule has 8 heteroatoms. The van der Waals surface area contributed by atoms with Crippen molar-refractivity contribution in [2.75, 3.05) is 6.61 Å². The van der Waals surface area contributed by atoms with E-state index in [2.05, 4.69) is 0 Å². The maximum Gasteiger partial charge on any atom is 0.332 e. The van der Waals surface area contributed by atoms with Crippen molar-refractivity contribution < 1.29 is 4.74 Å². The van der Waals surface area contributed by atoms with Crippen LogP contribution >= 0.6 is 0 Å². The van der Waals surface area contributed by atoms with E-state index in [1.54, 1.807) is 14.0 Å². The van der Waals surface area contributed by atoms with Crippen molar-refractivity contribution >= 4 is 16.9 Å². The minimum atomic E-state index is -0.364. The van der Waals surface area contributed by atoms with E-state index in [0.717, 1.165) is 22.8 Å². The van der Waals surface area contributed by atoms with Gasteiger partial charge in [-0.2, -0.15) is 4.98 Å². The van der Waals surface area contributed by atoms with Crippen LogP contribution in [0.2, 0.25) is 0 Å². The maximum atomic E-state index is 13.0. The van der Waals surface area contributed by atoms with E-state index in [4.69, 9.17) is 9.72 Å². The standard InChI is InChI=1S/C20H23N5O3/c1-6-23-18(26)16-17(22(5)20(23)27)21-19-24(12(3)13(4)25(16)19)14-10-8-9-11-15(14)28-7-2/h8-11H,6-7H2,1-5H3. The molecule has 0 aliphatic rings. The van der Waals surface area contributed by atoms with Crippen LogP contribution in [0.15, 0.2) is 33.9 Å². The predicted octanol–water partition coefficient (Wildman–Crippen LogP) is 2.17. The Labute approximate surface area is 161 Å². The molecular formula is C20H23N5O3. The fraction of sp³-hybridized carbons (Fsp3) is 0.350. The van der Waals surface area contributed by atoms with Crippen LogP contribution in [0.3, 0.4) is 0 Å². The summed E-state index contributed by atoms with van der Waals surface area (Å²) in [6, 6.07) is 7.72. The van der Waals surface area contributed by atoms with Gasteiger partial charge in [-0.1, -0.05) is 12.1 Å². The molecule has 0 aliphatic heterocycles. The zero-order chi connectivity index (χ0) is 20.2. The number of benzene rings is 1. The fourth-order valence-corrected chi connectivity index (χ4v) is 3.74. The average Bonchev–Trinajstić information content (AvgIpc) is 3.18. The van der Waals surface area contributed by atoms with E-state index < -0.39 is 0 Å². The van der Waals surface area contributed by atoms with Gasteiger partial charge in [0, 0.05) is 25.0 Å². The number of rotatable bonds is 4. The van der Waals surface area contributed by atoms with Gasteiger partial charge in [0.25, 0.3) is 5.56 Å². The molecule has 1 aromatic carbocycles. The second kappa shape index (κ2) is 6.40. The summed E-state index contributed by atoms with van der Waals surface area (Å²) < 4.78 is 12.3. The van der Waals surface area contributed by atoms with Crippen LogP contribution in [-0.4, -0.2) is 29.7 Å². The molecule has 0 N–H and O–H groups in total. The average molecular weight is 381 g/mol. The van der Waals surface area contributed by atoms with Gasteiger partial charge >= 0.3 is 5.69 Å². The highest BCUT2D eigenvalue weighted by atomic mass is 16.5. The number of fused-ring (bicyclic) bond motifs is 3. The number of aryl methyl sites for hydroxylation is 2. The largest absolute Gasteiger partial charge is 0.492 e. The maximum absolute atomic E-state index is 13.0. The summed E-state index contributed by atoms with van der Waals surface area (Å²) in [5, 5.41) is 0. The minimum absolute atomic E-state index is 0.306. The third kappa shape index (κ3) is 2.27. The van der Waals surface area contributed by atoms with Gasteiger partial charge in [0.15, 0.2) is 11.2 Å². The Bertz CT molecular complexity index is 1340. The van der Waals surface area contributed by atoms with E-state index in [9.17, 15) is 9.59 Å². The van der Waals surface area contributed by atoms with Gasteiger partial charge in [-0.05, 0) is 39.8 Å². The number of nitrogens with zero attached hydrogens (tertiary/aromatic N) is 5. The molecule has 0 atom stereocenters. The number of imidazole rings is 2. The van der Waals surface area contributed by atoms with Gasteiger partial charge in [0.1, 0.15) is 5.75 Å². The SMILES string of the molecule is CCOc1ccccc1-n1c(C)c(C)n2c3c(=O)n(CC)c(=O)n(C)c3nc12. The van der Waals surface area contributed by atoms with Gasteiger partial charge in [0.2, 0.25) is 5.78 Å². The van der Waals surface area contributed by atoms with Crippen LogP contribution < -0.4 is 16.0 Å². The molecule has 0 radical (unpaired) electrons. The number of aromatic nitrogens is 5. The van der Waals surface area contributed by atoms with E-state index in [1.807, 2.05) is 54.0 Å². The number of ether oxygens (including phenoxy) is 1. The van der Waals surface area contributed by atoms with Crippen molar-refractivity contribution in [2.45, 2.75) is 34.2 Å². The van der Waals surface area contributed by atoms with Crippen LogP contribution in [0.1, 0.15) is 25.2 Å². The second-order valence-corrected chi connectivity index (χ2v) is 6.72. The van der Waals surface area contributed by atoms with Crippen molar-refractivity contribution in [1.29, 1.82) is 0 Å². The molecule has 4 rings (SSSR count). The highest BCUT2D eigenvalue weighted by molar-refractivity contribution is 5.77. The lowest BCUT2D eigenvalue weighted by atomic mass is 10.2. The lowest BCUT2D eigenvalue weighted by Crippen LogP contribution is -2.38. The monoisotopic (exact) mass is 381 g/mol. The van der Waals surface area contributed by atoms with Crippen molar-refractivity contribution in [2.24, 2.45) is 7.05 Å². The first-order valence-electron chi connectivity index (χ1n) is 9.34. The van der Waals surface area contributed by atoms with Gasteiger partial charge in [-0.25, -0.2) is 4.79 Å². The van der Waals surface area contributed by atoms with E-state index >= 15 is 0 Å². The van der Waals surface area contributed by atoms with E-state index in [-0.39, 0.29) is 11.2 Å². The second-order valence-electron chi connectivity index (χ2n) is 6.72. The Kier molecular flexibility index (Phi) is 4.14. The van der Waals surface area contributed by atoms with Crippen LogP contribution in [0.4, 0.5) is 0 Å². The number of hydrogen-bond acceptors (Lipinski definition) is 4. The molecule has 0 aliphatic carbocycles. The van der Waals surface area contributed by atoms with Gasteiger partial charge in [0.05, 0.1) is 12.3 Å². The third-order valence-corrected chi connectivity index (χ3v) is 5.24. The van der Waals surface area contributed by atoms with Crippen molar-refractivity contribution in [3.63, 3.8) is 0 Å². The van der Waals surface area contributed by atoms with Gasteiger partial charge in [-0.15, -0.1) is 0 Å². The molecule has 0 fully saturated rings. The Balaban J connectivity index is 2.21. The van der Waals surface area contributed by atoms with Crippen LogP contribution in [0.25, 0.3) is 22.6 Å². The minimum Gasteiger partial charge on any atom is -0.492 e. The molecular weight excluding hydrogens is 358 g/mol. The molecule has 0 saturated carbocycles. The molecule has 8 nitrogen and oxygen atoms in total. The lowest BCUT2D eigenvalue weighted by molar-refractivity contribution is 0.339. The summed E-state index contributed by atoms with van der Waals surface area (Å²) in [6.45, 7) is 8.50. The molecule has 146 valence electrons.